The van der Waals surface area contributed by atoms with Crippen LogP contribution in [0.3, 0.4) is 0 Å². The molecule has 13 heteroatoms. The molecular formula is C27H17F6NO5S. The molecule has 0 aromatic heterocycles. The van der Waals surface area contributed by atoms with E-state index in [-0.39, 0.29) is 40.8 Å². The number of phenols is 1. The fraction of sp³-hybridized carbons (Fsp3) is 0.148. The van der Waals surface area contributed by atoms with Crippen molar-refractivity contribution >= 4 is 35.0 Å². The van der Waals surface area contributed by atoms with Gasteiger partial charge in [-0.2, -0.15) is 26.3 Å². The van der Waals surface area contributed by atoms with Crippen LogP contribution in [0.5, 0.6) is 5.75 Å². The van der Waals surface area contributed by atoms with Gasteiger partial charge in [0.15, 0.2) is 0 Å². The van der Waals surface area contributed by atoms with Gasteiger partial charge in [0.25, 0.3) is 11.1 Å². The van der Waals surface area contributed by atoms with Crippen molar-refractivity contribution in [2.24, 2.45) is 0 Å². The van der Waals surface area contributed by atoms with Crippen molar-refractivity contribution in [1.29, 1.82) is 0 Å². The van der Waals surface area contributed by atoms with Crippen LogP contribution >= 0.6 is 11.8 Å². The van der Waals surface area contributed by atoms with Crippen LogP contribution in [0.1, 0.15) is 38.2 Å². The first-order valence-electron chi connectivity index (χ1n) is 11.3. The van der Waals surface area contributed by atoms with Crippen molar-refractivity contribution < 1.29 is 50.6 Å². The van der Waals surface area contributed by atoms with E-state index in [0.29, 0.717) is 22.2 Å². The summed E-state index contributed by atoms with van der Waals surface area (Å²) >= 11 is 0.361. The van der Waals surface area contributed by atoms with Gasteiger partial charge in [-0.15, -0.1) is 0 Å². The number of carbonyl (C=O) groups is 3. The summed E-state index contributed by atoms with van der Waals surface area (Å²) in [5.41, 5.74) is -3.07. The van der Waals surface area contributed by atoms with Crippen LogP contribution < -0.4 is 0 Å². The summed E-state index contributed by atoms with van der Waals surface area (Å²) < 4.78 is 84.9. The summed E-state index contributed by atoms with van der Waals surface area (Å²) in [6, 6.07) is 13.1. The van der Waals surface area contributed by atoms with E-state index in [4.69, 9.17) is 4.74 Å². The number of imide groups is 1. The highest BCUT2D eigenvalue weighted by molar-refractivity contribution is 8.18. The van der Waals surface area contributed by atoms with Gasteiger partial charge in [0.05, 0.1) is 22.6 Å². The molecule has 40 heavy (non-hydrogen) atoms. The molecule has 1 saturated heterocycles. The monoisotopic (exact) mass is 581 g/mol. The van der Waals surface area contributed by atoms with E-state index >= 15 is 0 Å². The number of amides is 2. The summed E-state index contributed by atoms with van der Waals surface area (Å²) in [4.78, 5) is 38.0. The molecule has 0 aliphatic carbocycles. The fourth-order valence-corrected chi connectivity index (χ4v) is 4.58. The van der Waals surface area contributed by atoms with Crippen LogP contribution in [-0.2, 0) is 35.0 Å². The van der Waals surface area contributed by atoms with Gasteiger partial charge in [0.2, 0.25) is 0 Å². The largest absolute Gasteiger partial charge is 0.507 e. The van der Waals surface area contributed by atoms with Crippen LogP contribution in [0, 0.1) is 0 Å². The number of hydrogen-bond acceptors (Lipinski definition) is 6. The van der Waals surface area contributed by atoms with Crippen molar-refractivity contribution in [2.75, 3.05) is 0 Å². The molecule has 1 heterocycles. The third-order valence-electron chi connectivity index (χ3n) is 5.69. The Balaban J connectivity index is 1.57. The van der Waals surface area contributed by atoms with Crippen molar-refractivity contribution in [2.45, 2.75) is 25.5 Å². The van der Waals surface area contributed by atoms with Crippen LogP contribution in [0.15, 0.2) is 71.6 Å². The minimum atomic E-state index is -5.03. The van der Waals surface area contributed by atoms with Crippen molar-refractivity contribution in [3.63, 3.8) is 0 Å². The molecule has 0 unspecified atom stereocenters. The highest BCUT2D eigenvalue weighted by Crippen LogP contribution is 2.39. The molecular weight excluding hydrogens is 564 g/mol. The summed E-state index contributed by atoms with van der Waals surface area (Å²) in [7, 11) is 0. The minimum absolute atomic E-state index is 0.0856. The number of phenolic OH excluding ortho intramolecular Hbond substituents is 1. The van der Waals surface area contributed by atoms with Gasteiger partial charge in [-0.05, 0) is 64.9 Å². The van der Waals surface area contributed by atoms with Gasteiger partial charge >= 0.3 is 18.3 Å². The lowest BCUT2D eigenvalue weighted by atomic mass is 10.0. The van der Waals surface area contributed by atoms with Gasteiger partial charge in [0.1, 0.15) is 17.9 Å². The van der Waals surface area contributed by atoms with Crippen molar-refractivity contribution in [3.8, 4) is 5.75 Å². The maximum absolute atomic E-state index is 13.5. The Morgan fingerprint density at radius 2 is 1.62 bits per heavy atom. The SMILES string of the molecule is O=C(OCc1ccccc1)c1cc(/C=C2/SC(=O)N(Cc3cc(C(F)(F)F)ccc3C(F)(F)F)C2=O)ccc1O. The van der Waals surface area contributed by atoms with E-state index in [1.807, 2.05) is 0 Å². The topological polar surface area (TPSA) is 83.9 Å². The van der Waals surface area contributed by atoms with E-state index in [0.717, 1.165) is 12.1 Å². The molecule has 1 aliphatic rings. The molecule has 6 nitrogen and oxygen atoms in total. The van der Waals surface area contributed by atoms with Gasteiger partial charge in [0, 0.05) is 0 Å². The predicted molar refractivity (Wildman–Crippen MR) is 132 cm³/mol. The second-order valence-electron chi connectivity index (χ2n) is 8.47. The number of nitrogens with zero attached hydrogens (tertiary/aromatic N) is 1. The van der Waals surface area contributed by atoms with Gasteiger partial charge < -0.3 is 9.84 Å². The van der Waals surface area contributed by atoms with Crippen LogP contribution in [0.25, 0.3) is 6.08 Å². The van der Waals surface area contributed by atoms with E-state index in [2.05, 4.69) is 0 Å². The number of esters is 1. The van der Waals surface area contributed by atoms with Crippen molar-refractivity contribution in [1.82, 2.24) is 4.90 Å². The third kappa shape index (κ3) is 6.47. The number of benzene rings is 3. The number of thioether (sulfide) groups is 1. The zero-order chi connectivity index (χ0) is 29.2. The molecule has 1 fully saturated rings. The standard InChI is InChI=1S/C27H17F6NO5S/c28-26(29,30)18-7-8-20(27(31,32)33)17(12-18)13-34-23(36)22(40-25(34)38)11-16-6-9-21(35)19(10-16)24(37)39-14-15-4-2-1-3-5-15/h1-12,35H,13-14H2/b22-11+. The Kier molecular flexibility index (Phi) is 7.96. The third-order valence-corrected chi connectivity index (χ3v) is 6.60. The Labute approximate surface area is 226 Å². The number of alkyl halides is 6. The van der Waals surface area contributed by atoms with Crippen LogP contribution in [-0.4, -0.2) is 27.1 Å². The summed E-state index contributed by atoms with van der Waals surface area (Å²) in [5.74, 6) is -2.34. The first kappa shape index (κ1) is 28.7. The van der Waals surface area contributed by atoms with E-state index in [1.165, 1.54) is 12.1 Å². The number of hydrogen-bond donors (Lipinski definition) is 1. The highest BCUT2D eigenvalue weighted by atomic mass is 32.2. The van der Waals surface area contributed by atoms with Gasteiger partial charge in [-0.25, -0.2) is 4.79 Å². The number of rotatable bonds is 6. The second kappa shape index (κ2) is 11.1. The first-order valence-corrected chi connectivity index (χ1v) is 12.1. The van der Waals surface area contributed by atoms with Gasteiger partial charge in [-0.1, -0.05) is 36.4 Å². The molecule has 3 aromatic rings. The lowest BCUT2D eigenvalue weighted by Gasteiger charge is -2.19. The zero-order valence-corrected chi connectivity index (χ0v) is 20.9. The molecule has 0 spiro atoms. The molecule has 1 N–H and O–H groups in total. The molecule has 0 atom stereocenters. The van der Waals surface area contributed by atoms with E-state index in [1.54, 1.807) is 30.3 Å². The van der Waals surface area contributed by atoms with Crippen LogP contribution in [0.2, 0.25) is 0 Å². The number of carbonyl (C=O) groups excluding carboxylic acids is 3. The summed E-state index contributed by atoms with van der Waals surface area (Å²) in [6.07, 6.45) is -8.82. The van der Waals surface area contributed by atoms with Crippen LogP contribution in [0.4, 0.5) is 31.1 Å². The smallest absolute Gasteiger partial charge is 0.416 e. The average molecular weight is 581 g/mol. The first-order chi connectivity index (χ1) is 18.7. The van der Waals surface area contributed by atoms with E-state index < -0.39 is 58.5 Å². The molecule has 208 valence electrons. The van der Waals surface area contributed by atoms with E-state index in [9.17, 15) is 45.8 Å². The Bertz CT molecular complexity index is 1500. The number of aromatic hydroxyl groups is 1. The predicted octanol–water partition coefficient (Wildman–Crippen LogP) is 7.02. The maximum Gasteiger partial charge on any atom is 0.416 e. The van der Waals surface area contributed by atoms with Gasteiger partial charge in [-0.3, -0.25) is 14.5 Å². The Morgan fingerprint density at radius 1 is 0.925 bits per heavy atom. The molecule has 0 radical (unpaired) electrons. The Morgan fingerprint density at radius 3 is 2.27 bits per heavy atom. The zero-order valence-electron chi connectivity index (χ0n) is 20.0. The molecule has 3 aromatic carbocycles. The highest BCUT2D eigenvalue weighted by Gasteiger charge is 2.40. The molecule has 0 bridgehead atoms. The molecule has 0 saturated carbocycles. The molecule has 1 aliphatic heterocycles. The fourth-order valence-electron chi connectivity index (χ4n) is 3.74. The van der Waals surface area contributed by atoms with Crippen molar-refractivity contribution in [3.05, 3.63) is 105 Å². The maximum atomic E-state index is 13.5. The molecule has 2 amide bonds. The number of ether oxygens (including phenoxy) is 1. The number of halogens is 6. The quantitative estimate of drug-likeness (QED) is 0.191. The molecule has 4 rings (SSSR count). The normalized spacial score (nSPS) is 15.2. The average Bonchev–Trinajstić information content (AvgIpc) is 3.15. The lowest BCUT2D eigenvalue weighted by molar-refractivity contribution is -0.142. The lowest BCUT2D eigenvalue weighted by Crippen LogP contribution is -2.29. The minimum Gasteiger partial charge on any atom is -0.507 e. The summed E-state index contributed by atoms with van der Waals surface area (Å²) in [6.45, 7) is -1.13. The Hall–Kier alpha value is -4.26. The second-order valence-corrected chi connectivity index (χ2v) is 9.47. The summed E-state index contributed by atoms with van der Waals surface area (Å²) in [5, 5.41) is 9.11.